The van der Waals surface area contributed by atoms with Gasteiger partial charge in [0, 0.05) is 36.5 Å². The molecule has 2 aromatic rings. The van der Waals surface area contributed by atoms with E-state index in [9.17, 15) is 13.2 Å². The fourth-order valence-electron chi connectivity index (χ4n) is 3.47. The summed E-state index contributed by atoms with van der Waals surface area (Å²) in [4.78, 5) is 21.4. The minimum Gasteiger partial charge on any atom is -0.497 e. The molecule has 0 radical (unpaired) electrons. The first-order valence-corrected chi connectivity index (χ1v) is 11.7. The standard InChI is InChI=1S/C23H24N4O4S/c1-3-16-4-6-17(7-5-16)22(28)26-23-24-14-18-15-27(13-12-21(18)25-23)32(29,30)20-10-8-19(31-2)9-11-20/h4-11,14-15,23H,3,12-13H2,1-2H3,(H,26,28). The van der Waals surface area contributed by atoms with Crippen LogP contribution < -0.4 is 10.1 Å². The Labute approximate surface area is 187 Å². The van der Waals surface area contributed by atoms with Crippen LogP contribution in [0.2, 0.25) is 0 Å². The number of carbonyl (C=O) groups excluding carboxylic acids is 1. The van der Waals surface area contributed by atoms with Gasteiger partial charge in [-0.3, -0.25) is 9.10 Å². The highest BCUT2D eigenvalue weighted by Gasteiger charge is 2.28. The predicted molar refractivity (Wildman–Crippen MR) is 123 cm³/mol. The Morgan fingerprint density at radius 3 is 2.53 bits per heavy atom. The summed E-state index contributed by atoms with van der Waals surface area (Å²) >= 11 is 0. The molecule has 4 rings (SSSR count). The lowest BCUT2D eigenvalue weighted by Gasteiger charge is -2.28. The highest BCUT2D eigenvalue weighted by molar-refractivity contribution is 7.89. The predicted octanol–water partition coefficient (Wildman–Crippen LogP) is 2.77. The van der Waals surface area contributed by atoms with E-state index in [0.29, 0.717) is 29.0 Å². The van der Waals surface area contributed by atoms with Crippen molar-refractivity contribution in [1.82, 2.24) is 9.62 Å². The van der Waals surface area contributed by atoms with Crippen molar-refractivity contribution in [3.05, 3.63) is 71.4 Å². The van der Waals surface area contributed by atoms with Gasteiger partial charge in [0.1, 0.15) is 5.75 Å². The summed E-state index contributed by atoms with van der Waals surface area (Å²) in [5.41, 5.74) is 3.03. The van der Waals surface area contributed by atoms with Crippen molar-refractivity contribution in [3.8, 4) is 5.75 Å². The maximum atomic E-state index is 13.0. The van der Waals surface area contributed by atoms with E-state index in [2.05, 4.69) is 22.2 Å². The molecule has 2 aliphatic heterocycles. The zero-order valence-electron chi connectivity index (χ0n) is 17.9. The first kappa shape index (κ1) is 21.8. The average molecular weight is 453 g/mol. The second kappa shape index (κ2) is 8.96. The Hall–Kier alpha value is -3.46. The van der Waals surface area contributed by atoms with Crippen LogP contribution in [0.3, 0.4) is 0 Å². The second-order valence-electron chi connectivity index (χ2n) is 7.38. The van der Waals surface area contributed by atoms with Gasteiger partial charge in [0.05, 0.1) is 17.7 Å². The van der Waals surface area contributed by atoms with Crippen molar-refractivity contribution in [2.24, 2.45) is 9.98 Å². The Bertz CT molecular complexity index is 1200. The van der Waals surface area contributed by atoms with Crippen LogP contribution >= 0.6 is 0 Å². The number of hydrogen-bond donors (Lipinski definition) is 1. The SMILES string of the molecule is CCc1ccc(C(=O)NC2N=CC3=CN(S(=O)(=O)c4ccc(OC)cc4)CCC3=N2)cc1. The van der Waals surface area contributed by atoms with E-state index in [1.54, 1.807) is 30.5 Å². The van der Waals surface area contributed by atoms with Crippen LogP contribution in [0.25, 0.3) is 0 Å². The van der Waals surface area contributed by atoms with E-state index in [0.717, 1.165) is 12.0 Å². The highest BCUT2D eigenvalue weighted by atomic mass is 32.2. The van der Waals surface area contributed by atoms with Crippen molar-refractivity contribution < 1.29 is 17.9 Å². The molecule has 1 unspecified atom stereocenters. The number of aryl methyl sites for hydroxylation is 1. The fraction of sp³-hybridized carbons (Fsp3) is 0.261. The monoisotopic (exact) mass is 452 g/mol. The van der Waals surface area contributed by atoms with Gasteiger partial charge in [-0.05, 0) is 48.4 Å². The molecule has 2 aromatic carbocycles. The van der Waals surface area contributed by atoms with Gasteiger partial charge in [-0.25, -0.2) is 18.4 Å². The number of ether oxygens (including phenoxy) is 1. The molecule has 0 saturated heterocycles. The number of allylic oxidation sites excluding steroid dienone is 1. The second-order valence-corrected chi connectivity index (χ2v) is 9.27. The number of hydrogen-bond acceptors (Lipinski definition) is 6. The van der Waals surface area contributed by atoms with Crippen molar-refractivity contribution in [2.75, 3.05) is 13.7 Å². The molecule has 32 heavy (non-hydrogen) atoms. The molecule has 1 atom stereocenters. The van der Waals surface area contributed by atoms with Crippen LogP contribution in [0.4, 0.5) is 0 Å². The normalized spacial score (nSPS) is 17.8. The molecule has 2 heterocycles. The molecule has 166 valence electrons. The number of rotatable bonds is 6. The van der Waals surface area contributed by atoms with E-state index < -0.39 is 16.3 Å². The Morgan fingerprint density at radius 1 is 1.16 bits per heavy atom. The van der Waals surface area contributed by atoms with Crippen LogP contribution in [0.5, 0.6) is 5.75 Å². The lowest BCUT2D eigenvalue weighted by molar-refractivity contribution is 0.0940. The van der Waals surface area contributed by atoms with Gasteiger partial charge in [-0.2, -0.15) is 0 Å². The molecule has 0 bridgehead atoms. The number of amides is 1. The van der Waals surface area contributed by atoms with Crippen LogP contribution in [0, 0.1) is 0 Å². The molecule has 1 amide bonds. The molecule has 1 N–H and O–H groups in total. The maximum Gasteiger partial charge on any atom is 0.263 e. The van der Waals surface area contributed by atoms with E-state index in [4.69, 9.17) is 4.74 Å². The van der Waals surface area contributed by atoms with Gasteiger partial charge < -0.3 is 10.1 Å². The molecule has 0 saturated carbocycles. The number of nitrogens with one attached hydrogen (secondary N) is 1. The van der Waals surface area contributed by atoms with E-state index in [1.807, 2.05) is 12.1 Å². The van der Waals surface area contributed by atoms with Crippen LogP contribution in [-0.4, -0.2) is 50.5 Å². The number of fused-ring (bicyclic) bond motifs is 1. The Balaban J connectivity index is 1.47. The third-order valence-electron chi connectivity index (χ3n) is 5.37. The summed E-state index contributed by atoms with van der Waals surface area (Å²) in [7, 11) is -2.17. The van der Waals surface area contributed by atoms with Crippen LogP contribution in [0.15, 0.2) is 75.2 Å². The van der Waals surface area contributed by atoms with E-state index in [-0.39, 0.29) is 17.3 Å². The molecular formula is C23H24N4O4S. The van der Waals surface area contributed by atoms with Crippen molar-refractivity contribution in [2.45, 2.75) is 31.0 Å². The first-order valence-electron chi connectivity index (χ1n) is 10.3. The summed E-state index contributed by atoms with van der Waals surface area (Å²) in [5, 5.41) is 2.79. The first-order chi connectivity index (χ1) is 15.4. The van der Waals surface area contributed by atoms with Crippen molar-refractivity contribution in [1.29, 1.82) is 0 Å². The lowest BCUT2D eigenvalue weighted by Crippen LogP contribution is -2.38. The summed E-state index contributed by atoms with van der Waals surface area (Å²) in [5.74, 6) is 0.329. The summed E-state index contributed by atoms with van der Waals surface area (Å²) in [6.45, 7) is 2.31. The largest absolute Gasteiger partial charge is 0.497 e. The quantitative estimate of drug-likeness (QED) is 0.728. The number of benzene rings is 2. The molecule has 0 spiro atoms. The summed E-state index contributed by atoms with van der Waals surface area (Å²) in [6.07, 6.45) is 3.69. The van der Waals surface area contributed by atoms with Gasteiger partial charge >= 0.3 is 0 Å². The number of carbonyl (C=O) groups is 1. The fourth-order valence-corrected chi connectivity index (χ4v) is 4.80. The maximum absolute atomic E-state index is 13.0. The zero-order valence-corrected chi connectivity index (χ0v) is 18.7. The number of aliphatic imine (C=N–C) groups is 2. The molecule has 8 nitrogen and oxygen atoms in total. The topological polar surface area (TPSA) is 100 Å². The number of nitrogens with zero attached hydrogens (tertiary/aromatic N) is 3. The Kier molecular flexibility index (Phi) is 6.09. The molecule has 2 aliphatic rings. The average Bonchev–Trinajstić information content (AvgIpc) is 2.83. The summed E-state index contributed by atoms with van der Waals surface area (Å²) < 4.78 is 32.3. The van der Waals surface area contributed by atoms with Gasteiger partial charge in [-0.15, -0.1) is 0 Å². The third kappa shape index (κ3) is 4.43. The minimum atomic E-state index is -3.70. The van der Waals surface area contributed by atoms with Crippen LogP contribution in [0.1, 0.15) is 29.3 Å². The number of methoxy groups -OCH3 is 1. The minimum absolute atomic E-state index is 0.183. The molecular weight excluding hydrogens is 428 g/mol. The molecule has 0 fully saturated rings. The van der Waals surface area contributed by atoms with Gasteiger partial charge in [0.15, 0.2) is 0 Å². The van der Waals surface area contributed by atoms with Gasteiger partial charge in [-0.1, -0.05) is 19.1 Å². The number of sulfonamides is 1. The lowest BCUT2D eigenvalue weighted by atomic mass is 10.1. The van der Waals surface area contributed by atoms with Crippen LogP contribution in [-0.2, 0) is 16.4 Å². The van der Waals surface area contributed by atoms with E-state index >= 15 is 0 Å². The Morgan fingerprint density at radius 2 is 1.88 bits per heavy atom. The summed E-state index contributed by atoms with van der Waals surface area (Å²) in [6, 6.07) is 13.7. The van der Waals surface area contributed by atoms with E-state index in [1.165, 1.54) is 29.7 Å². The van der Waals surface area contributed by atoms with Gasteiger partial charge in [0.25, 0.3) is 15.9 Å². The van der Waals surface area contributed by atoms with Gasteiger partial charge in [0.2, 0.25) is 6.29 Å². The smallest absolute Gasteiger partial charge is 0.263 e. The van der Waals surface area contributed by atoms with Crippen molar-refractivity contribution in [3.63, 3.8) is 0 Å². The molecule has 0 aliphatic carbocycles. The molecule has 9 heteroatoms. The third-order valence-corrected chi connectivity index (χ3v) is 7.14. The highest BCUT2D eigenvalue weighted by Crippen LogP contribution is 2.24. The molecule has 0 aromatic heterocycles. The van der Waals surface area contributed by atoms with Crippen molar-refractivity contribution >= 4 is 27.9 Å². The zero-order chi connectivity index (χ0) is 22.7.